The van der Waals surface area contributed by atoms with E-state index in [1.54, 1.807) is 0 Å². The Morgan fingerprint density at radius 1 is 1.33 bits per heavy atom. The number of nitrogens with zero attached hydrogens (tertiary/aromatic N) is 2. The first kappa shape index (κ1) is 20.1. The van der Waals surface area contributed by atoms with Gasteiger partial charge in [0.25, 0.3) is 0 Å². The zero-order chi connectivity index (χ0) is 19.0. The van der Waals surface area contributed by atoms with Gasteiger partial charge in [0.2, 0.25) is 0 Å². The second-order valence-corrected chi connectivity index (χ2v) is 8.15. The quantitative estimate of drug-likeness (QED) is 0.258. The Morgan fingerprint density at radius 3 is 2.54 bits per heavy atom. The molecule has 0 spiro atoms. The van der Waals surface area contributed by atoms with Crippen LogP contribution in [-0.2, 0) is 18.7 Å². The molecule has 0 bridgehead atoms. The third-order valence-corrected chi connectivity index (χ3v) is 6.02. The highest BCUT2D eigenvalue weighted by molar-refractivity contribution is 7.49. The smallest absolute Gasteiger partial charge is 0.147 e. The van der Waals surface area contributed by atoms with Gasteiger partial charge in [-0.2, -0.15) is 5.26 Å². The molecule has 6 nitrogen and oxygen atoms in total. The van der Waals surface area contributed by atoms with Crippen LogP contribution in [0, 0.1) is 11.3 Å². The number of hydrogen-bond acceptors (Lipinski definition) is 6. The van der Waals surface area contributed by atoms with Crippen LogP contribution >= 0.6 is 8.30 Å². The van der Waals surface area contributed by atoms with Gasteiger partial charge in [-0.25, -0.2) is 0 Å². The predicted molar refractivity (Wildman–Crippen MR) is 98.6 cm³/mol. The van der Waals surface area contributed by atoms with Gasteiger partial charge in [-0.3, -0.25) is 4.67 Å². The van der Waals surface area contributed by atoms with Crippen LogP contribution in [-0.4, -0.2) is 69.0 Å². The van der Waals surface area contributed by atoms with Gasteiger partial charge < -0.3 is 18.7 Å². The highest BCUT2D eigenvalue weighted by atomic mass is 31.2. The Kier molecular flexibility index (Phi) is 8.96. The fourth-order valence-electron chi connectivity index (χ4n) is 3.05. The average Bonchev–Trinajstić information content (AvgIpc) is 2.82. The first-order chi connectivity index (χ1) is 11.8. The summed E-state index contributed by atoms with van der Waals surface area (Å²) in [6.45, 7) is 11.3. The molecule has 1 rings (SSSR count). The topological polar surface area (TPSA) is 64.0 Å². The van der Waals surface area contributed by atoms with Crippen LogP contribution in [0.25, 0.3) is 0 Å². The minimum absolute atomic E-state index is 0.102. The molecule has 0 aromatic carbocycles. The summed E-state index contributed by atoms with van der Waals surface area (Å²) in [6, 6.07) is 2.62. The van der Waals surface area contributed by atoms with Crippen molar-refractivity contribution in [3.8, 4) is 6.07 Å². The largest absolute Gasteiger partial charge is 0.379 e. The third kappa shape index (κ3) is 6.26. The third-order valence-electron chi connectivity index (χ3n) is 3.90. The van der Waals surface area contributed by atoms with E-state index in [-0.39, 0.29) is 38.0 Å². The summed E-state index contributed by atoms with van der Waals surface area (Å²) in [6.07, 6.45) is -0.523. The van der Waals surface area contributed by atoms with Crippen molar-refractivity contribution in [2.75, 3.05) is 20.1 Å². The van der Waals surface area contributed by atoms with Gasteiger partial charge in [-0.05, 0) is 41.3 Å². The molecule has 0 radical (unpaired) electrons. The van der Waals surface area contributed by atoms with Gasteiger partial charge in [0.1, 0.15) is 35.1 Å². The lowest BCUT2D eigenvalue weighted by Gasteiger charge is -2.37. The summed E-state index contributed by atoms with van der Waals surface area (Å²) in [5.41, 5.74) is 0. The fourth-order valence-corrected chi connectivity index (χ4v) is 5.07. The molecular formula is C16H32BN2O4P. The summed E-state index contributed by atoms with van der Waals surface area (Å²) in [7, 11) is 1.11. The maximum Gasteiger partial charge on any atom is 0.147 e. The molecule has 0 aliphatic carbocycles. The first-order valence-corrected chi connectivity index (χ1v) is 10.2. The second kappa shape index (κ2) is 10.7. The van der Waals surface area contributed by atoms with Crippen molar-refractivity contribution in [2.45, 2.75) is 77.4 Å². The summed E-state index contributed by atoms with van der Waals surface area (Å²) < 4.78 is 33.5. The van der Waals surface area contributed by atoms with Crippen LogP contribution in [0.1, 0.15) is 42.4 Å². The van der Waals surface area contributed by atoms with Crippen LogP contribution < -0.4 is 0 Å². The van der Waals surface area contributed by atoms with E-state index in [1.807, 2.05) is 13.9 Å². The monoisotopic (exact) mass is 359 g/mol. The van der Waals surface area contributed by atoms with E-state index < -0.39 is 8.30 Å². The summed E-state index contributed by atoms with van der Waals surface area (Å²) in [5.74, 6) is 0. The van der Waals surface area contributed by atoms with Gasteiger partial charge in [0, 0.05) is 13.5 Å². The molecule has 0 saturated carbocycles. The molecule has 24 heavy (non-hydrogen) atoms. The molecule has 8 heteroatoms. The van der Waals surface area contributed by atoms with Crippen molar-refractivity contribution in [2.24, 2.45) is 0 Å². The standard InChI is InChI=1S/C16H32BN2O4P/c1-11(2)19(12(3)4)24(6)23-14-13(5)22-16(17)15(14)21-10-20-9-7-8-18/h11-16H,7,9-10,17H2,1-6H3/t13-,14?,15+,16-,24?/m1/s1/i5D. The fraction of sp³-hybridized carbons (Fsp3) is 0.938. The molecule has 0 amide bonds. The van der Waals surface area contributed by atoms with Gasteiger partial charge >= 0.3 is 0 Å². The number of nitriles is 1. The highest BCUT2D eigenvalue weighted by Gasteiger charge is 2.43. The Bertz CT molecular complexity index is 419. The lowest BCUT2D eigenvalue weighted by molar-refractivity contribution is -0.111. The van der Waals surface area contributed by atoms with Crippen LogP contribution in [0.15, 0.2) is 0 Å². The molecule has 1 aliphatic heterocycles. The molecular weight excluding hydrogens is 326 g/mol. The zero-order valence-corrected chi connectivity index (χ0v) is 16.7. The maximum absolute atomic E-state index is 8.53. The van der Waals surface area contributed by atoms with Crippen molar-refractivity contribution in [3.63, 3.8) is 0 Å². The molecule has 0 N–H and O–H groups in total. The summed E-state index contributed by atoms with van der Waals surface area (Å²) in [4.78, 5) is 0. The minimum atomic E-state index is -0.830. The summed E-state index contributed by atoms with van der Waals surface area (Å²) >= 11 is 0. The molecule has 1 heterocycles. The van der Waals surface area contributed by atoms with E-state index in [1.165, 1.54) is 0 Å². The van der Waals surface area contributed by atoms with E-state index in [0.717, 1.165) is 0 Å². The van der Waals surface area contributed by atoms with Crippen molar-refractivity contribution < 1.29 is 20.1 Å². The van der Waals surface area contributed by atoms with Crippen LogP contribution in [0.2, 0.25) is 0 Å². The Balaban J connectivity index is 2.71. The van der Waals surface area contributed by atoms with Gasteiger partial charge in [0.15, 0.2) is 0 Å². The van der Waals surface area contributed by atoms with Crippen LogP contribution in [0.5, 0.6) is 0 Å². The SMILES string of the molecule is [2H]C[C@H]1O[C@@H](B)[C@@H](OCOCCC#N)C1OP(C)N(C(C)C)C(C)C. The molecule has 138 valence electrons. The van der Waals surface area contributed by atoms with E-state index >= 15 is 0 Å². The highest BCUT2D eigenvalue weighted by Crippen LogP contribution is 2.45. The molecule has 1 aliphatic rings. The van der Waals surface area contributed by atoms with Crippen LogP contribution in [0.4, 0.5) is 0 Å². The molecule has 5 atom stereocenters. The maximum atomic E-state index is 8.53. The average molecular weight is 359 g/mol. The van der Waals surface area contributed by atoms with Crippen molar-refractivity contribution >= 4 is 16.1 Å². The molecule has 0 aromatic rings. The summed E-state index contributed by atoms with van der Waals surface area (Å²) in [5, 5.41) is 8.53. The number of ether oxygens (including phenoxy) is 3. The van der Waals surface area contributed by atoms with E-state index in [9.17, 15) is 0 Å². The van der Waals surface area contributed by atoms with Gasteiger partial charge in [0.05, 0.1) is 31.2 Å². The number of hydrogen-bond donors (Lipinski definition) is 0. The van der Waals surface area contributed by atoms with Gasteiger partial charge in [-0.1, -0.05) is 0 Å². The van der Waals surface area contributed by atoms with Crippen molar-refractivity contribution in [1.29, 1.82) is 5.26 Å². The van der Waals surface area contributed by atoms with E-state index in [2.05, 4.69) is 39.0 Å². The Labute approximate surface area is 150 Å². The van der Waals surface area contributed by atoms with Crippen LogP contribution in [0.3, 0.4) is 0 Å². The molecule has 2 unspecified atom stereocenters. The van der Waals surface area contributed by atoms with E-state index in [4.69, 9.17) is 25.4 Å². The van der Waals surface area contributed by atoms with Crippen molar-refractivity contribution in [3.05, 3.63) is 0 Å². The first-order valence-electron chi connectivity index (χ1n) is 9.23. The lowest BCUT2D eigenvalue weighted by Crippen LogP contribution is -2.39. The zero-order valence-electron chi connectivity index (χ0n) is 16.8. The Hall–Kier alpha value is -0.215. The minimum Gasteiger partial charge on any atom is -0.379 e. The predicted octanol–water partition coefficient (Wildman–Crippen LogP) is 2.08. The Morgan fingerprint density at radius 2 is 2.00 bits per heavy atom. The molecule has 0 aromatic heterocycles. The molecule has 1 saturated heterocycles. The van der Waals surface area contributed by atoms with E-state index in [0.29, 0.717) is 25.1 Å². The second-order valence-electron chi connectivity index (χ2n) is 6.55. The molecule has 1 fully saturated rings. The normalized spacial score (nSPS) is 29.2. The van der Waals surface area contributed by atoms with Crippen molar-refractivity contribution in [1.82, 2.24) is 4.67 Å². The lowest BCUT2D eigenvalue weighted by atomic mass is 9.93. The number of rotatable bonds is 10. The van der Waals surface area contributed by atoms with Gasteiger partial charge in [-0.15, -0.1) is 0 Å².